The molecule has 1 aromatic carbocycles. The van der Waals surface area contributed by atoms with Crippen LogP contribution in [0.2, 0.25) is 0 Å². The lowest BCUT2D eigenvalue weighted by atomic mass is 10.1. The van der Waals surface area contributed by atoms with Gasteiger partial charge in [0, 0.05) is 19.7 Å². The molecule has 0 unspecified atom stereocenters. The number of aromatic nitrogens is 1. The molecule has 1 N–H and O–H groups in total. The molecule has 0 bridgehead atoms. The number of methoxy groups -OCH3 is 1. The van der Waals surface area contributed by atoms with Gasteiger partial charge in [0.05, 0.1) is 19.0 Å². The van der Waals surface area contributed by atoms with Crippen LogP contribution in [-0.2, 0) is 0 Å². The summed E-state index contributed by atoms with van der Waals surface area (Å²) in [5.41, 5.74) is 3.19. The second-order valence-corrected chi connectivity index (χ2v) is 5.73. The minimum Gasteiger partial charge on any atom is -0.496 e. The molecule has 2 rings (SSSR count). The summed E-state index contributed by atoms with van der Waals surface area (Å²) in [7, 11) is 4.93. The average Bonchev–Trinajstić information content (AvgIpc) is 2.54. The molecule has 2 aromatic rings. The topological polar surface area (TPSA) is 71.5 Å². The molecular formula is C18H21N3O3. The molecule has 0 aliphatic rings. The van der Waals surface area contributed by atoms with Crippen LogP contribution in [0.5, 0.6) is 5.75 Å². The maximum absolute atomic E-state index is 12.4. The van der Waals surface area contributed by atoms with Crippen LogP contribution in [0.15, 0.2) is 30.5 Å². The summed E-state index contributed by atoms with van der Waals surface area (Å²) in [6.07, 6.45) is 1.47. The molecule has 1 heterocycles. The van der Waals surface area contributed by atoms with E-state index in [1.54, 1.807) is 45.5 Å². The van der Waals surface area contributed by atoms with Gasteiger partial charge >= 0.3 is 0 Å². The van der Waals surface area contributed by atoms with Crippen molar-refractivity contribution in [2.45, 2.75) is 13.8 Å². The lowest BCUT2D eigenvalue weighted by Crippen LogP contribution is -2.22. The van der Waals surface area contributed by atoms with E-state index in [0.717, 1.165) is 16.9 Å². The van der Waals surface area contributed by atoms with E-state index in [2.05, 4.69) is 10.3 Å². The third kappa shape index (κ3) is 3.71. The van der Waals surface area contributed by atoms with Gasteiger partial charge in [-0.3, -0.25) is 9.59 Å². The maximum Gasteiger partial charge on any atom is 0.271 e. The van der Waals surface area contributed by atoms with E-state index in [9.17, 15) is 9.59 Å². The molecule has 0 atom stereocenters. The van der Waals surface area contributed by atoms with Crippen LogP contribution in [0.3, 0.4) is 0 Å². The zero-order chi connectivity index (χ0) is 17.9. The Hall–Kier alpha value is -2.89. The van der Waals surface area contributed by atoms with E-state index in [4.69, 9.17) is 4.74 Å². The number of carbonyl (C=O) groups is 2. The van der Waals surface area contributed by atoms with Gasteiger partial charge in [-0.15, -0.1) is 0 Å². The molecule has 0 fully saturated rings. The van der Waals surface area contributed by atoms with E-state index in [0.29, 0.717) is 16.9 Å². The number of amides is 2. The third-order valence-electron chi connectivity index (χ3n) is 3.57. The molecule has 126 valence electrons. The zero-order valence-corrected chi connectivity index (χ0v) is 14.5. The number of nitrogens with zero attached hydrogens (tertiary/aromatic N) is 2. The average molecular weight is 327 g/mol. The number of rotatable bonds is 4. The van der Waals surface area contributed by atoms with Crippen molar-refractivity contribution in [3.63, 3.8) is 0 Å². The lowest BCUT2D eigenvalue weighted by molar-refractivity contribution is 0.0822. The van der Waals surface area contributed by atoms with Gasteiger partial charge in [0.2, 0.25) is 0 Å². The van der Waals surface area contributed by atoms with Crippen LogP contribution >= 0.6 is 0 Å². The molecular weight excluding hydrogens is 306 g/mol. The van der Waals surface area contributed by atoms with Gasteiger partial charge in [0.1, 0.15) is 11.4 Å². The number of pyridine rings is 1. The number of ether oxygens (including phenoxy) is 1. The van der Waals surface area contributed by atoms with Gasteiger partial charge in [-0.1, -0.05) is 0 Å². The fourth-order valence-electron chi connectivity index (χ4n) is 2.43. The quantitative estimate of drug-likeness (QED) is 0.937. The Bertz CT molecular complexity index is 745. The highest BCUT2D eigenvalue weighted by molar-refractivity contribution is 6.04. The normalized spacial score (nSPS) is 10.2. The highest BCUT2D eigenvalue weighted by Crippen LogP contribution is 2.24. The summed E-state index contributed by atoms with van der Waals surface area (Å²) in [5, 5.41) is 2.78. The molecule has 24 heavy (non-hydrogen) atoms. The highest BCUT2D eigenvalue weighted by atomic mass is 16.5. The number of nitrogens with one attached hydrogen (secondary N) is 1. The van der Waals surface area contributed by atoms with E-state index in [1.807, 2.05) is 13.8 Å². The smallest absolute Gasteiger partial charge is 0.271 e. The Labute approximate surface area is 141 Å². The number of aryl methyl sites for hydroxylation is 2. The molecule has 6 nitrogen and oxygen atoms in total. The predicted molar refractivity (Wildman–Crippen MR) is 92.7 cm³/mol. The van der Waals surface area contributed by atoms with Crippen molar-refractivity contribution in [2.24, 2.45) is 0 Å². The van der Waals surface area contributed by atoms with Gasteiger partial charge in [-0.2, -0.15) is 0 Å². The van der Waals surface area contributed by atoms with E-state index in [1.165, 1.54) is 11.1 Å². The SMILES string of the molecule is COc1c(C)cc(C(=O)Nc2ccc(C(=O)N(C)C)nc2)cc1C. The van der Waals surface area contributed by atoms with Gasteiger partial charge < -0.3 is 15.0 Å². The molecule has 0 spiro atoms. The Morgan fingerprint density at radius 1 is 1.12 bits per heavy atom. The standard InChI is InChI=1S/C18H21N3O3/c1-11-8-13(9-12(2)16(11)24-5)17(22)20-14-6-7-15(19-10-14)18(23)21(3)4/h6-10H,1-5H3,(H,20,22). The van der Waals surface area contributed by atoms with Crippen molar-refractivity contribution in [1.29, 1.82) is 0 Å². The number of hydrogen-bond acceptors (Lipinski definition) is 4. The number of hydrogen-bond donors (Lipinski definition) is 1. The summed E-state index contributed by atoms with van der Waals surface area (Å²) in [6.45, 7) is 3.79. The van der Waals surface area contributed by atoms with E-state index in [-0.39, 0.29) is 11.8 Å². The minimum atomic E-state index is -0.239. The van der Waals surface area contributed by atoms with Crippen LogP contribution in [0.1, 0.15) is 32.0 Å². The van der Waals surface area contributed by atoms with Crippen molar-refractivity contribution in [1.82, 2.24) is 9.88 Å². The third-order valence-corrected chi connectivity index (χ3v) is 3.57. The molecule has 0 saturated heterocycles. The number of anilines is 1. The van der Waals surface area contributed by atoms with Gasteiger partial charge in [0.25, 0.3) is 11.8 Å². The first kappa shape index (κ1) is 17.5. The van der Waals surface area contributed by atoms with Crippen LogP contribution in [0, 0.1) is 13.8 Å². The fourth-order valence-corrected chi connectivity index (χ4v) is 2.43. The van der Waals surface area contributed by atoms with Gasteiger partial charge in [-0.25, -0.2) is 4.98 Å². The van der Waals surface area contributed by atoms with Crippen LogP contribution in [-0.4, -0.2) is 42.9 Å². The first-order valence-corrected chi connectivity index (χ1v) is 7.47. The largest absolute Gasteiger partial charge is 0.496 e. The molecule has 0 aliphatic carbocycles. The molecule has 0 saturated carbocycles. The summed E-state index contributed by atoms with van der Waals surface area (Å²) >= 11 is 0. The van der Waals surface area contributed by atoms with Crippen molar-refractivity contribution in [2.75, 3.05) is 26.5 Å². The zero-order valence-electron chi connectivity index (χ0n) is 14.5. The van der Waals surface area contributed by atoms with Crippen molar-refractivity contribution in [3.8, 4) is 5.75 Å². The van der Waals surface area contributed by atoms with Gasteiger partial charge in [0.15, 0.2) is 0 Å². The molecule has 0 aliphatic heterocycles. The Morgan fingerprint density at radius 3 is 2.21 bits per heavy atom. The second-order valence-electron chi connectivity index (χ2n) is 5.73. The van der Waals surface area contributed by atoms with Crippen molar-refractivity contribution < 1.29 is 14.3 Å². The van der Waals surface area contributed by atoms with Crippen molar-refractivity contribution >= 4 is 17.5 Å². The van der Waals surface area contributed by atoms with E-state index < -0.39 is 0 Å². The molecule has 0 radical (unpaired) electrons. The monoisotopic (exact) mass is 327 g/mol. The van der Waals surface area contributed by atoms with Crippen LogP contribution in [0.4, 0.5) is 5.69 Å². The lowest BCUT2D eigenvalue weighted by Gasteiger charge is -2.12. The van der Waals surface area contributed by atoms with Gasteiger partial charge in [-0.05, 0) is 49.2 Å². The molecule has 2 amide bonds. The first-order valence-electron chi connectivity index (χ1n) is 7.47. The highest BCUT2D eigenvalue weighted by Gasteiger charge is 2.13. The summed E-state index contributed by atoms with van der Waals surface area (Å²) < 4.78 is 5.31. The molecule has 1 aromatic heterocycles. The fraction of sp³-hybridized carbons (Fsp3) is 0.278. The number of carbonyl (C=O) groups excluding carboxylic acids is 2. The Morgan fingerprint density at radius 2 is 1.75 bits per heavy atom. The maximum atomic E-state index is 12.4. The molecule has 6 heteroatoms. The Kier molecular flexibility index (Phi) is 5.18. The Balaban J connectivity index is 2.17. The van der Waals surface area contributed by atoms with Crippen molar-refractivity contribution in [3.05, 3.63) is 52.8 Å². The summed E-state index contributed by atoms with van der Waals surface area (Å²) in [6, 6.07) is 6.80. The first-order chi connectivity index (χ1) is 11.3. The predicted octanol–water partition coefficient (Wildman–Crippen LogP) is 2.66. The van der Waals surface area contributed by atoms with Crippen LogP contribution < -0.4 is 10.1 Å². The minimum absolute atomic E-state index is 0.186. The second kappa shape index (κ2) is 7.12. The number of benzene rings is 1. The summed E-state index contributed by atoms with van der Waals surface area (Å²) in [5.74, 6) is 0.353. The summed E-state index contributed by atoms with van der Waals surface area (Å²) in [4.78, 5) is 29.7. The van der Waals surface area contributed by atoms with Crippen LogP contribution in [0.25, 0.3) is 0 Å². The van der Waals surface area contributed by atoms with E-state index >= 15 is 0 Å².